The largest absolute Gasteiger partial charge is 0.461 e. The van der Waals surface area contributed by atoms with Crippen molar-refractivity contribution >= 4 is 11.6 Å². The van der Waals surface area contributed by atoms with Gasteiger partial charge < -0.3 is 4.74 Å². The van der Waals surface area contributed by atoms with E-state index in [1.54, 1.807) is 12.4 Å². The van der Waals surface area contributed by atoms with Crippen LogP contribution in [0.1, 0.15) is 19.4 Å². The van der Waals surface area contributed by atoms with E-state index in [1.807, 2.05) is 20.8 Å². The Morgan fingerprint density at radius 3 is 2.65 bits per heavy atom. The molecule has 2 aromatic heterocycles. The Morgan fingerprint density at radius 1 is 1.29 bits per heavy atom. The summed E-state index contributed by atoms with van der Waals surface area (Å²) in [4.78, 5) is 12.0. The van der Waals surface area contributed by atoms with Crippen molar-refractivity contribution in [3.05, 3.63) is 23.2 Å². The third-order valence-electron chi connectivity index (χ3n) is 1.83. The minimum absolute atomic E-state index is 0.0272. The fourth-order valence-electron chi connectivity index (χ4n) is 1.21. The molecule has 0 bridgehead atoms. The van der Waals surface area contributed by atoms with Crippen LogP contribution >= 0.6 is 11.6 Å². The van der Waals surface area contributed by atoms with E-state index in [-0.39, 0.29) is 17.4 Å². The van der Waals surface area contributed by atoms with Gasteiger partial charge in [0.15, 0.2) is 0 Å². The molecule has 0 unspecified atom stereocenters. The maximum atomic E-state index is 5.81. The normalized spacial score (nSPS) is 10.9. The number of hydrogen-bond donors (Lipinski definition) is 0. The van der Waals surface area contributed by atoms with Crippen LogP contribution in [0.2, 0.25) is 5.28 Å². The van der Waals surface area contributed by atoms with Gasteiger partial charge in [-0.3, -0.25) is 0 Å². The number of ether oxygens (including phenoxy) is 1. The smallest absolute Gasteiger partial charge is 0.322 e. The van der Waals surface area contributed by atoms with E-state index < -0.39 is 0 Å². The van der Waals surface area contributed by atoms with Crippen LogP contribution in [0.25, 0.3) is 5.95 Å². The van der Waals surface area contributed by atoms with Crippen LogP contribution in [0.5, 0.6) is 6.01 Å². The van der Waals surface area contributed by atoms with Gasteiger partial charge in [0.05, 0.1) is 12.3 Å². The van der Waals surface area contributed by atoms with Crippen LogP contribution in [-0.2, 0) is 0 Å². The van der Waals surface area contributed by atoms with E-state index >= 15 is 0 Å². The second kappa shape index (κ2) is 4.67. The predicted molar refractivity (Wildman–Crippen MR) is 62.5 cm³/mol. The van der Waals surface area contributed by atoms with Crippen LogP contribution < -0.4 is 4.74 Å². The highest BCUT2D eigenvalue weighted by molar-refractivity contribution is 6.28. The van der Waals surface area contributed by atoms with Gasteiger partial charge in [-0.1, -0.05) is 0 Å². The van der Waals surface area contributed by atoms with Crippen molar-refractivity contribution < 1.29 is 4.74 Å². The summed E-state index contributed by atoms with van der Waals surface area (Å²) in [5, 5.41) is 4.18. The van der Waals surface area contributed by atoms with Gasteiger partial charge in [0.25, 0.3) is 5.95 Å². The van der Waals surface area contributed by atoms with Crippen LogP contribution in [0.3, 0.4) is 0 Å². The Labute approximate surface area is 104 Å². The van der Waals surface area contributed by atoms with Crippen molar-refractivity contribution in [3.63, 3.8) is 0 Å². The molecule has 2 heterocycles. The van der Waals surface area contributed by atoms with Crippen molar-refractivity contribution in [3.8, 4) is 12.0 Å². The topological polar surface area (TPSA) is 65.7 Å². The molecule has 0 radical (unpaired) electrons. The number of halogens is 1. The van der Waals surface area contributed by atoms with Gasteiger partial charge in [0.1, 0.15) is 0 Å². The van der Waals surface area contributed by atoms with E-state index in [0.717, 1.165) is 5.56 Å². The lowest BCUT2D eigenvalue weighted by atomic mass is 10.4. The van der Waals surface area contributed by atoms with Gasteiger partial charge in [0.2, 0.25) is 5.28 Å². The first kappa shape index (κ1) is 11.8. The van der Waals surface area contributed by atoms with Gasteiger partial charge in [-0.05, 0) is 37.9 Å². The molecule has 0 atom stereocenters. The molecule has 17 heavy (non-hydrogen) atoms. The quantitative estimate of drug-likeness (QED) is 0.835. The Bertz CT molecular complexity index is 525. The van der Waals surface area contributed by atoms with Crippen molar-refractivity contribution in [1.82, 2.24) is 24.7 Å². The molecule has 7 heteroatoms. The fourth-order valence-corrected chi connectivity index (χ4v) is 1.36. The monoisotopic (exact) mass is 253 g/mol. The minimum Gasteiger partial charge on any atom is -0.461 e. The van der Waals surface area contributed by atoms with Crippen molar-refractivity contribution in [2.24, 2.45) is 0 Å². The summed E-state index contributed by atoms with van der Waals surface area (Å²) in [7, 11) is 0. The Kier molecular flexibility index (Phi) is 3.23. The third kappa shape index (κ3) is 2.91. The van der Waals surface area contributed by atoms with Gasteiger partial charge in [0, 0.05) is 6.20 Å². The number of hydrogen-bond acceptors (Lipinski definition) is 5. The zero-order valence-corrected chi connectivity index (χ0v) is 10.5. The molecule has 0 aliphatic heterocycles. The van der Waals surface area contributed by atoms with Gasteiger partial charge in [-0.15, -0.1) is 0 Å². The summed E-state index contributed by atoms with van der Waals surface area (Å²) in [6.45, 7) is 5.70. The van der Waals surface area contributed by atoms with Crippen LogP contribution in [0.4, 0.5) is 0 Å². The van der Waals surface area contributed by atoms with Crippen LogP contribution in [0, 0.1) is 6.92 Å². The van der Waals surface area contributed by atoms with E-state index in [2.05, 4.69) is 20.1 Å². The molecule has 0 N–H and O–H groups in total. The van der Waals surface area contributed by atoms with Crippen LogP contribution in [0.15, 0.2) is 12.4 Å². The Morgan fingerprint density at radius 2 is 2.06 bits per heavy atom. The second-order valence-corrected chi connectivity index (χ2v) is 4.15. The standard InChI is InChI=1S/C10H12ClN5O/c1-6(2)17-10-14-8(11)13-9(15-10)16-5-7(3)4-12-16/h4-6H,1-3H3. The summed E-state index contributed by atoms with van der Waals surface area (Å²) < 4.78 is 6.90. The lowest BCUT2D eigenvalue weighted by Crippen LogP contribution is -2.11. The Balaban J connectivity index is 2.37. The zero-order valence-electron chi connectivity index (χ0n) is 9.75. The first-order valence-corrected chi connectivity index (χ1v) is 5.52. The number of rotatable bonds is 3. The minimum atomic E-state index is -0.0272. The molecule has 0 aromatic carbocycles. The fraction of sp³-hybridized carbons (Fsp3) is 0.400. The molecule has 0 amide bonds. The van der Waals surface area contributed by atoms with E-state index in [1.165, 1.54) is 4.68 Å². The van der Waals surface area contributed by atoms with Gasteiger partial charge in [-0.25, -0.2) is 4.68 Å². The highest BCUT2D eigenvalue weighted by Crippen LogP contribution is 2.12. The average Bonchev–Trinajstić information content (AvgIpc) is 2.62. The molecule has 0 aliphatic rings. The van der Waals surface area contributed by atoms with Crippen molar-refractivity contribution in [2.75, 3.05) is 0 Å². The van der Waals surface area contributed by atoms with E-state index in [9.17, 15) is 0 Å². The summed E-state index contributed by atoms with van der Waals surface area (Å²) in [5.74, 6) is 0.341. The second-order valence-electron chi connectivity index (χ2n) is 3.82. The van der Waals surface area contributed by atoms with Gasteiger partial charge in [-0.2, -0.15) is 20.1 Å². The lowest BCUT2D eigenvalue weighted by Gasteiger charge is -2.08. The average molecular weight is 254 g/mol. The molecule has 0 fully saturated rings. The summed E-state index contributed by atoms with van der Waals surface area (Å²) in [5.41, 5.74) is 1.01. The maximum Gasteiger partial charge on any atom is 0.322 e. The Hall–Kier alpha value is -1.69. The number of aryl methyl sites for hydroxylation is 1. The summed E-state index contributed by atoms with van der Waals surface area (Å²) in [6.07, 6.45) is 3.48. The molecule has 90 valence electrons. The third-order valence-corrected chi connectivity index (χ3v) is 2.00. The maximum absolute atomic E-state index is 5.81. The number of nitrogens with zero attached hydrogens (tertiary/aromatic N) is 5. The highest BCUT2D eigenvalue weighted by Gasteiger charge is 2.09. The molecule has 0 aliphatic carbocycles. The first-order chi connectivity index (χ1) is 8.04. The predicted octanol–water partition coefficient (Wildman–Crippen LogP) is 1.81. The molecule has 0 saturated heterocycles. The van der Waals surface area contributed by atoms with Crippen molar-refractivity contribution in [2.45, 2.75) is 26.9 Å². The SMILES string of the molecule is Cc1cnn(-c2nc(Cl)nc(OC(C)C)n2)c1. The zero-order chi connectivity index (χ0) is 12.4. The highest BCUT2D eigenvalue weighted by atomic mass is 35.5. The molecular formula is C10H12ClN5O. The van der Waals surface area contributed by atoms with E-state index in [0.29, 0.717) is 5.95 Å². The molecule has 0 saturated carbocycles. The van der Waals surface area contributed by atoms with Crippen molar-refractivity contribution in [1.29, 1.82) is 0 Å². The summed E-state index contributed by atoms with van der Waals surface area (Å²) >= 11 is 5.81. The van der Waals surface area contributed by atoms with E-state index in [4.69, 9.17) is 16.3 Å². The summed E-state index contributed by atoms with van der Waals surface area (Å²) in [6, 6.07) is 0.197. The molecular weight excluding hydrogens is 242 g/mol. The lowest BCUT2D eigenvalue weighted by molar-refractivity contribution is 0.221. The molecule has 6 nitrogen and oxygen atoms in total. The number of aromatic nitrogens is 5. The van der Waals surface area contributed by atoms with Crippen LogP contribution in [-0.4, -0.2) is 30.8 Å². The molecule has 2 rings (SSSR count). The van der Waals surface area contributed by atoms with Gasteiger partial charge >= 0.3 is 6.01 Å². The first-order valence-electron chi connectivity index (χ1n) is 5.14. The molecule has 2 aromatic rings. The molecule has 0 spiro atoms.